The van der Waals surface area contributed by atoms with Crippen molar-refractivity contribution < 1.29 is 29.3 Å². The molecule has 0 fully saturated rings. The van der Waals surface area contributed by atoms with Crippen molar-refractivity contribution in [3.63, 3.8) is 0 Å². The van der Waals surface area contributed by atoms with E-state index in [-0.39, 0.29) is 0 Å². The van der Waals surface area contributed by atoms with Gasteiger partial charge in [0.1, 0.15) is 11.8 Å². The Morgan fingerprint density at radius 1 is 1.33 bits per heavy atom. The van der Waals surface area contributed by atoms with E-state index in [0.717, 1.165) is 0 Å². The minimum absolute atomic E-state index is 0.309. The number of rotatable bonds is 6. The number of amides is 2. The number of anilines is 1. The number of aliphatic carboxylic acids is 2. The summed E-state index contributed by atoms with van der Waals surface area (Å²) in [6, 6.07) is 2.49. The van der Waals surface area contributed by atoms with Gasteiger partial charge in [-0.2, -0.15) is 0 Å². The van der Waals surface area contributed by atoms with Gasteiger partial charge in [-0.15, -0.1) is 0 Å². The molecule has 0 radical (unpaired) electrons. The lowest BCUT2D eigenvalue weighted by Crippen LogP contribution is -2.44. The maximum absolute atomic E-state index is 11.7. The van der Waals surface area contributed by atoms with Gasteiger partial charge in [-0.3, -0.25) is 4.79 Å². The molecular weight excluding hydrogens is 348 g/mol. The van der Waals surface area contributed by atoms with Crippen LogP contribution in [0.25, 0.3) is 0 Å². The number of carbonyl (C=O) groups excluding carboxylic acids is 1. The summed E-state index contributed by atoms with van der Waals surface area (Å²) in [4.78, 5) is 33.1. The number of carboxylic acid groups (broad SMARTS) is 2. The summed E-state index contributed by atoms with van der Waals surface area (Å²) in [5.41, 5.74) is 0.309. The maximum atomic E-state index is 11.7. The van der Waals surface area contributed by atoms with Crippen LogP contribution in [-0.4, -0.2) is 41.3 Å². The predicted molar refractivity (Wildman–Crippen MR) is 76.5 cm³/mol. The van der Waals surface area contributed by atoms with Gasteiger partial charge in [-0.25, -0.2) is 9.59 Å². The molecule has 0 aromatic heterocycles. The van der Waals surface area contributed by atoms with E-state index >= 15 is 0 Å². The Morgan fingerprint density at radius 2 is 2.00 bits per heavy atom. The predicted octanol–water partition coefficient (Wildman–Crippen LogP) is 1.51. The third kappa shape index (κ3) is 5.30. The van der Waals surface area contributed by atoms with E-state index in [0.29, 0.717) is 15.9 Å². The number of halogens is 1. The Balaban J connectivity index is 2.78. The molecule has 0 heterocycles. The van der Waals surface area contributed by atoms with E-state index in [4.69, 9.17) is 14.9 Å². The summed E-state index contributed by atoms with van der Waals surface area (Å²) in [5, 5.41) is 21.9. The number of ether oxygens (including phenoxy) is 1. The van der Waals surface area contributed by atoms with Gasteiger partial charge in [0.15, 0.2) is 0 Å². The minimum atomic E-state index is -1.53. The van der Waals surface area contributed by atoms with Crippen molar-refractivity contribution in [2.24, 2.45) is 0 Å². The fraction of sp³-hybridized carbons (Fsp3) is 0.250. The van der Waals surface area contributed by atoms with Crippen LogP contribution in [0.2, 0.25) is 0 Å². The third-order valence-corrected chi connectivity index (χ3v) is 2.89. The zero-order valence-corrected chi connectivity index (χ0v) is 12.5. The van der Waals surface area contributed by atoms with Gasteiger partial charge in [0.2, 0.25) is 0 Å². The summed E-state index contributed by atoms with van der Waals surface area (Å²) in [7, 11) is 1.41. The molecule has 0 aliphatic heterocycles. The van der Waals surface area contributed by atoms with Gasteiger partial charge in [0, 0.05) is 4.47 Å². The molecule has 21 heavy (non-hydrogen) atoms. The van der Waals surface area contributed by atoms with Crippen LogP contribution < -0.4 is 15.4 Å². The fourth-order valence-corrected chi connectivity index (χ4v) is 1.83. The lowest BCUT2D eigenvalue weighted by atomic mass is 10.2. The lowest BCUT2D eigenvalue weighted by Gasteiger charge is -2.15. The van der Waals surface area contributed by atoms with E-state index < -0.39 is 30.4 Å². The molecule has 9 heteroatoms. The van der Waals surface area contributed by atoms with Crippen LogP contribution in [0.3, 0.4) is 0 Å². The molecule has 0 aliphatic rings. The van der Waals surface area contributed by atoms with E-state index in [1.54, 1.807) is 18.2 Å². The monoisotopic (exact) mass is 360 g/mol. The molecule has 1 aromatic carbocycles. The standard InChI is InChI=1S/C12H13BrN2O6/c1-21-9-3-2-6(13)4-7(9)14-12(20)15-8(11(18)19)5-10(16)17/h2-4,8H,5H2,1H3,(H,16,17)(H,18,19)(H2,14,15,20). The van der Waals surface area contributed by atoms with Crippen molar-refractivity contribution in [3.05, 3.63) is 22.7 Å². The molecule has 2 amide bonds. The molecule has 0 spiro atoms. The topological polar surface area (TPSA) is 125 Å². The number of carbonyl (C=O) groups is 3. The van der Waals surface area contributed by atoms with Gasteiger partial charge in [0.05, 0.1) is 19.2 Å². The van der Waals surface area contributed by atoms with Crippen LogP contribution >= 0.6 is 15.9 Å². The van der Waals surface area contributed by atoms with E-state index in [1.807, 2.05) is 0 Å². The van der Waals surface area contributed by atoms with Gasteiger partial charge < -0.3 is 25.6 Å². The van der Waals surface area contributed by atoms with Crippen molar-refractivity contribution in [1.29, 1.82) is 0 Å². The summed E-state index contributed by atoms with van der Waals surface area (Å²) in [6.07, 6.45) is -0.724. The first-order chi connectivity index (χ1) is 9.83. The Hall–Kier alpha value is -2.29. The quantitative estimate of drug-likeness (QED) is 0.609. The molecule has 1 aromatic rings. The van der Waals surface area contributed by atoms with Crippen molar-refractivity contribution >= 4 is 39.6 Å². The zero-order chi connectivity index (χ0) is 16.0. The molecule has 8 nitrogen and oxygen atoms in total. The molecule has 4 N–H and O–H groups in total. The fourth-order valence-electron chi connectivity index (χ4n) is 1.47. The minimum Gasteiger partial charge on any atom is -0.495 e. The van der Waals surface area contributed by atoms with Gasteiger partial charge >= 0.3 is 18.0 Å². The SMILES string of the molecule is COc1ccc(Br)cc1NC(=O)NC(CC(=O)O)C(=O)O. The molecule has 1 rings (SSSR count). The number of urea groups is 1. The summed E-state index contributed by atoms with van der Waals surface area (Å²) in [6.45, 7) is 0. The second kappa shape index (κ2) is 7.48. The van der Waals surface area contributed by atoms with Gasteiger partial charge in [-0.05, 0) is 18.2 Å². The number of nitrogens with one attached hydrogen (secondary N) is 2. The number of hydrogen-bond donors (Lipinski definition) is 4. The summed E-state index contributed by atoms with van der Waals surface area (Å²) < 4.78 is 5.72. The van der Waals surface area contributed by atoms with E-state index in [1.165, 1.54) is 7.11 Å². The molecule has 0 aliphatic carbocycles. The van der Waals surface area contributed by atoms with Gasteiger partial charge in [-0.1, -0.05) is 15.9 Å². The summed E-state index contributed by atoms with van der Waals surface area (Å²) in [5.74, 6) is -2.39. The Morgan fingerprint density at radius 3 is 2.52 bits per heavy atom. The Bertz CT molecular complexity index is 563. The van der Waals surface area contributed by atoms with Crippen molar-refractivity contribution in [1.82, 2.24) is 5.32 Å². The molecule has 1 atom stereocenters. The molecule has 0 saturated carbocycles. The first-order valence-electron chi connectivity index (χ1n) is 5.69. The first kappa shape index (κ1) is 16.8. The normalized spacial score (nSPS) is 11.3. The van der Waals surface area contributed by atoms with Crippen LogP contribution in [0.5, 0.6) is 5.75 Å². The summed E-state index contributed by atoms with van der Waals surface area (Å²) >= 11 is 3.22. The molecular formula is C12H13BrN2O6. The van der Waals surface area contributed by atoms with Crippen molar-refractivity contribution in [2.45, 2.75) is 12.5 Å². The molecule has 114 valence electrons. The third-order valence-electron chi connectivity index (χ3n) is 2.39. The van der Waals surface area contributed by atoms with Crippen LogP contribution in [0.4, 0.5) is 10.5 Å². The zero-order valence-electron chi connectivity index (χ0n) is 10.9. The van der Waals surface area contributed by atoms with Crippen LogP contribution in [0.15, 0.2) is 22.7 Å². The van der Waals surface area contributed by atoms with Crippen LogP contribution in [0, 0.1) is 0 Å². The van der Waals surface area contributed by atoms with Gasteiger partial charge in [0.25, 0.3) is 0 Å². The second-order valence-corrected chi connectivity index (χ2v) is 4.85. The van der Waals surface area contributed by atoms with Crippen LogP contribution in [0.1, 0.15) is 6.42 Å². The average molecular weight is 361 g/mol. The lowest BCUT2D eigenvalue weighted by molar-refractivity contribution is -0.145. The molecule has 1 unspecified atom stereocenters. The smallest absolute Gasteiger partial charge is 0.326 e. The van der Waals surface area contributed by atoms with Crippen molar-refractivity contribution in [2.75, 3.05) is 12.4 Å². The number of benzene rings is 1. The first-order valence-corrected chi connectivity index (χ1v) is 6.48. The molecule has 0 bridgehead atoms. The van der Waals surface area contributed by atoms with E-state index in [9.17, 15) is 14.4 Å². The number of hydrogen-bond acceptors (Lipinski definition) is 4. The largest absolute Gasteiger partial charge is 0.495 e. The van der Waals surface area contributed by atoms with Crippen molar-refractivity contribution in [3.8, 4) is 5.75 Å². The number of carboxylic acids is 2. The highest BCUT2D eigenvalue weighted by Gasteiger charge is 2.23. The highest BCUT2D eigenvalue weighted by Crippen LogP contribution is 2.27. The highest BCUT2D eigenvalue weighted by atomic mass is 79.9. The maximum Gasteiger partial charge on any atom is 0.326 e. The Kier molecular flexibility index (Phi) is 5.97. The van der Waals surface area contributed by atoms with E-state index in [2.05, 4.69) is 26.6 Å². The number of methoxy groups -OCH3 is 1. The highest BCUT2D eigenvalue weighted by molar-refractivity contribution is 9.10. The average Bonchev–Trinajstić information content (AvgIpc) is 2.37. The Labute approximate surface area is 128 Å². The second-order valence-electron chi connectivity index (χ2n) is 3.93. The molecule has 0 saturated heterocycles. The van der Waals surface area contributed by atoms with Crippen LogP contribution in [-0.2, 0) is 9.59 Å².